The lowest BCUT2D eigenvalue weighted by molar-refractivity contribution is 0.123. The predicted molar refractivity (Wildman–Crippen MR) is 99.8 cm³/mol. The zero-order valence-corrected chi connectivity index (χ0v) is 14.7. The van der Waals surface area contributed by atoms with E-state index >= 15 is 0 Å². The second kappa shape index (κ2) is 7.73. The van der Waals surface area contributed by atoms with Gasteiger partial charge in [-0.15, -0.1) is 24.8 Å². The van der Waals surface area contributed by atoms with Crippen LogP contribution in [0.2, 0.25) is 0 Å². The Hall–Kier alpha value is -2.29. The van der Waals surface area contributed by atoms with Crippen molar-refractivity contribution < 1.29 is 4.74 Å². The summed E-state index contributed by atoms with van der Waals surface area (Å²) in [4.78, 5) is 34.9. The number of benzene rings is 1. The van der Waals surface area contributed by atoms with Gasteiger partial charge in [-0.1, -0.05) is 0 Å². The number of fused-ring (bicyclic) bond motifs is 1. The third-order valence-electron chi connectivity index (χ3n) is 3.95. The largest absolute Gasteiger partial charge is 0.378 e. The lowest BCUT2D eigenvalue weighted by Crippen LogP contribution is -2.37. The van der Waals surface area contributed by atoms with E-state index in [1.165, 1.54) is 0 Å². The van der Waals surface area contributed by atoms with Gasteiger partial charge in [0.15, 0.2) is 0 Å². The molecule has 1 fully saturated rings. The summed E-state index contributed by atoms with van der Waals surface area (Å²) in [6.07, 6.45) is 5.20. The Balaban J connectivity index is 0.00000113. The van der Waals surface area contributed by atoms with Gasteiger partial charge in [0, 0.05) is 25.5 Å². The fourth-order valence-corrected chi connectivity index (χ4v) is 2.81. The molecule has 10 heteroatoms. The first kappa shape index (κ1) is 19.0. The molecule has 1 aliphatic rings. The van der Waals surface area contributed by atoms with E-state index in [0.717, 1.165) is 24.5 Å². The van der Waals surface area contributed by atoms with Crippen molar-refractivity contribution in [2.45, 2.75) is 0 Å². The van der Waals surface area contributed by atoms with Crippen LogP contribution in [-0.4, -0.2) is 45.8 Å². The first-order chi connectivity index (χ1) is 11.2. The van der Waals surface area contributed by atoms with Crippen LogP contribution in [0.25, 0.3) is 16.7 Å². The van der Waals surface area contributed by atoms with E-state index in [0.29, 0.717) is 24.2 Å². The second-order valence-electron chi connectivity index (χ2n) is 5.37. The van der Waals surface area contributed by atoms with E-state index in [2.05, 4.69) is 19.9 Å². The number of hydrogen-bond acceptors (Lipinski definition) is 5. The van der Waals surface area contributed by atoms with Gasteiger partial charge >= 0.3 is 11.1 Å². The van der Waals surface area contributed by atoms with Crippen LogP contribution in [0.15, 0.2) is 40.4 Å². The minimum atomic E-state index is -0.659. The number of morpholine rings is 1. The van der Waals surface area contributed by atoms with Crippen LogP contribution >= 0.6 is 24.8 Å². The van der Waals surface area contributed by atoms with Gasteiger partial charge in [0.25, 0.3) is 0 Å². The second-order valence-corrected chi connectivity index (χ2v) is 5.37. The molecular formula is C15H17Cl2N5O3. The summed E-state index contributed by atoms with van der Waals surface area (Å²) in [7, 11) is 0. The summed E-state index contributed by atoms with van der Waals surface area (Å²) in [5.41, 5.74) is 1.63. The van der Waals surface area contributed by atoms with E-state index < -0.39 is 11.1 Å². The van der Waals surface area contributed by atoms with Crippen molar-refractivity contribution in [1.29, 1.82) is 0 Å². The summed E-state index contributed by atoms with van der Waals surface area (Å²) in [5.74, 6) is 0. The summed E-state index contributed by atoms with van der Waals surface area (Å²) in [6.45, 7) is 2.71. The molecule has 0 amide bonds. The smallest absolute Gasteiger partial charge is 0.314 e. The highest BCUT2D eigenvalue weighted by Crippen LogP contribution is 2.27. The summed E-state index contributed by atoms with van der Waals surface area (Å²) in [5, 5.41) is 0. The molecule has 0 aliphatic carbocycles. The Bertz CT molecular complexity index is 961. The van der Waals surface area contributed by atoms with Crippen molar-refractivity contribution in [1.82, 2.24) is 19.5 Å². The summed E-state index contributed by atoms with van der Waals surface area (Å²) in [6, 6.07) is 3.79. The van der Waals surface area contributed by atoms with Crippen LogP contribution in [0.3, 0.4) is 0 Å². The topological polar surface area (TPSA) is 96.0 Å². The number of aromatic amines is 2. The van der Waals surface area contributed by atoms with Gasteiger partial charge in [-0.05, 0) is 12.1 Å². The molecule has 2 N–H and O–H groups in total. The Labute approximate surface area is 154 Å². The molecule has 3 heterocycles. The Morgan fingerprint density at radius 3 is 2.44 bits per heavy atom. The quantitative estimate of drug-likeness (QED) is 0.643. The fourth-order valence-electron chi connectivity index (χ4n) is 2.81. The standard InChI is InChI=1S/C15H15N5O3.2ClH/c21-14-15(22)18-13-11(17-14)7-10(20-2-1-16-9-20)8-12(13)19-3-5-23-6-4-19;;/h1-2,7-9H,3-6H2,(H,17,21)(H,18,22);2*1H. The number of imidazole rings is 1. The highest BCUT2D eigenvalue weighted by molar-refractivity contribution is 5.90. The molecule has 0 bridgehead atoms. The normalized spacial score (nSPS) is 14.0. The first-order valence-corrected chi connectivity index (χ1v) is 7.34. The number of halogens is 2. The lowest BCUT2D eigenvalue weighted by atomic mass is 10.2. The van der Waals surface area contributed by atoms with Crippen molar-refractivity contribution >= 4 is 41.5 Å². The number of ether oxygens (including phenoxy) is 1. The van der Waals surface area contributed by atoms with Crippen LogP contribution in [0, 0.1) is 0 Å². The maximum absolute atomic E-state index is 11.7. The highest BCUT2D eigenvalue weighted by atomic mass is 35.5. The van der Waals surface area contributed by atoms with Gasteiger partial charge < -0.3 is 24.2 Å². The fraction of sp³-hybridized carbons (Fsp3) is 0.267. The third kappa shape index (κ3) is 3.55. The highest BCUT2D eigenvalue weighted by Gasteiger charge is 2.17. The maximum Gasteiger partial charge on any atom is 0.314 e. The van der Waals surface area contributed by atoms with Gasteiger partial charge in [0.1, 0.15) is 0 Å². The van der Waals surface area contributed by atoms with E-state index in [1.807, 2.05) is 22.9 Å². The minimum Gasteiger partial charge on any atom is -0.378 e. The number of nitrogens with one attached hydrogen (secondary N) is 2. The molecular weight excluding hydrogens is 369 g/mol. The van der Waals surface area contributed by atoms with Crippen LogP contribution < -0.4 is 16.0 Å². The molecule has 4 rings (SSSR count). The first-order valence-electron chi connectivity index (χ1n) is 7.34. The van der Waals surface area contributed by atoms with Crippen molar-refractivity contribution in [3.8, 4) is 5.69 Å². The Kier molecular flexibility index (Phi) is 5.89. The van der Waals surface area contributed by atoms with Gasteiger partial charge in [-0.2, -0.15) is 0 Å². The van der Waals surface area contributed by atoms with Crippen molar-refractivity contribution in [2.75, 3.05) is 31.2 Å². The molecule has 0 spiro atoms. The van der Waals surface area contributed by atoms with E-state index in [4.69, 9.17) is 4.74 Å². The van der Waals surface area contributed by atoms with Crippen LogP contribution in [-0.2, 0) is 4.74 Å². The zero-order valence-electron chi connectivity index (χ0n) is 13.1. The number of aromatic nitrogens is 4. The van der Waals surface area contributed by atoms with Gasteiger partial charge in [-0.3, -0.25) is 9.59 Å². The van der Waals surface area contributed by atoms with Crippen molar-refractivity contribution in [3.05, 3.63) is 51.6 Å². The van der Waals surface area contributed by atoms with Gasteiger partial charge in [-0.25, -0.2) is 4.98 Å². The van der Waals surface area contributed by atoms with Crippen molar-refractivity contribution in [3.63, 3.8) is 0 Å². The monoisotopic (exact) mass is 385 g/mol. The lowest BCUT2D eigenvalue weighted by Gasteiger charge is -2.30. The van der Waals surface area contributed by atoms with Gasteiger partial charge in [0.2, 0.25) is 0 Å². The number of hydrogen-bond donors (Lipinski definition) is 2. The number of nitrogens with zero attached hydrogens (tertiary/aromatic N) is 3. The molecule has 0 radical (unpaired) electrons. The SMILES string of the molecule is Cl.Cl.O=c1[nH]c2cc(-n3ccnc3)cc(N3CCOCC3)c2[nH]c1=O. The molecule has 1 aromatic carbocycles. The number of anilines is 1. The molecule has 3 aromatic rings. The molecule has 1 saturated heterocycles. The minimum absolute atomic E-state index is 0. The van der Waals surface area contributed by atoms with Crippen LogP contribution in [0.5, 0.6) is 0 Å². The molecule has 134 valence electrons. The predicted octanol–water partition coefficient (Wildman–Crippen LogP) is 1.08. The van der Waals surface area contributed by atoms with Crippen molar-refractivity contribution in [2.24, 2.45) is 0 Å². The average molecular weight is 386 g/mol. The zero-order chi connectivity index (χ0) is 15.8. The van der Waals surface area contributed by atoms with Gasteiger partial charge in [0.05, 0.1) is 41.9 Å². The average Bonchev–Trinajstić information content (AvgIpc) is 3.10. The number of rotatable bonds is 2. The van der Waals surface area contributed by atoms with E-state index in [-0.39, 0.29) is 24.8 Å². The van der Waals surface area contributed by atoms with Crippen LogP contribution in [0.1, 0.15) is 0 Å². The molecule has 8 nitrogen and oxygen atoms in total. The summed E-state index contributed by atoms with van der Waals surface area (Å²) >= 11 is 0. The molecule has 0 saturated carbocycles. The Morgan fingerprint density at radius 1 is 1.04 bits per heavy atom. The third-order valence-corrected chi connectivity index (χ3v) is 3.95. The molecule has 2 aromatic heterocycles. The molecule has 0 atom stereocenters. The van der Waals surface area contributed by atoms with E-state index in [1.54, 1.807) is 12.5 Å². The Morgan fingerprint density at radius 2 is 1.76 bits per heavy atom. The van der Waals surface area contributed by atoms with E-state index in [9.17, 15) is 9.59 Å². The molecule has 25 heavy (non-hydrogen) atoms. The van der Waals surface area contributed by atoms with Crippen LogP contribution in [0.4, 0.5) is 5.69 Å². The molecule has 0 unspecified atom stereocenters. The molecule has 1 aliphatic heterocycles. The number of H-pyrrole nitrogens is 2. The summed E-state index contributed by atoms with van der Waals surface area (Å²) < 4.78 is 7.25. The maximum atomic E-state index is 11.7.